The molecule has 0 saturated heterocycles. The largest absolute Gasteiger partial charge is 0.508 e. The minimum Gasteiger partial charge on any atom is -0.508 e. The number of nitrogens with one attached hydrogen (secondary N) is 1. The Hall–Kier alpha value is -1.50. The van der Waals surface area contributed by atoms with Crippen molar-refractivity contribution in [3.05, 3.63) is 29.8 Å². The maximum absolute atomic E-state index is 12.9. The van der Waals surface area contributed by atoms with E-state index in [9.17, 15) is 12.8 Å². The van der Waals surface area contributed by atoms with Crippen LogP contribution in [0.2, 0.25) is 0 Å². The Morgan fingerprint density at radius 2 is 2.00 bits per heavy atom. The summed E-state index contributed by atoms with van der Waals surface area (Å²) in [6.45, 7) is -0.437. The Labute approximate surface area is 99.0 Å². The molecule has 0 aliphatic rings. The van der Waals surface area contributed by atoms with E-state index in [-0.39, 0.29) is 18.0 Å². The molecule has 0 fully saturated rings. The van der Waals surface area contributed by atoms with Crippen LogP contribution in [-0.2, 0) is 9.84 Å². The summed E-state index contributed by atoms with van der Waals surface area (Å²) in [4.78, 5) is 0.179. The first kappa shape index (κ1) is 13.6. The van der Waals surface area contributed by atoms with Crippen molar-refractivity contribution in [3.63, 3.8) is 0 Å². The van der Waals surface area contributed by atoms with Crippen LogP contribution in [0.25, 0.3) is 5.53 Å². The van der Waals surface area contributed by atoms with Crippen LogP contribution in [0, 0.1) is 0 Å². The molecular weight excluding hydrogens is 247 g/mol. The van der Waals surface area contributed by atoms with Crippen LogP contribution < -0.4 is 9.85 Å². The summed E-state index contributed by atoms with van der Waals surface area (Å²) in [7, 11) is -3.23. The minimum atomic E-state index is -3.23. The van der Waals surface area contributed by atoms with Gasteiger partial charge in [0.25, 0.3) is 0 Å². The molecule has 0 heterocycles. The van der Waals surface area contributed by atoms with Gasteiger partial charge in [0.15, 0.2) is 22.6 Å². The quantitative estimate of drug-likeness (QED) is 0.726. The fourth-order valence-electron chi connectivity index (χ4n) is 1.13. The van der Waals surface area contributed by atoms with E-state index in [0.717, 1.165) is 6.26 Å². The molecule has 0 aliphatic heterocycles. The molecule has 94 valence electrons. The number of sulfone groups is 1. The smallest absolute Gasteiger partial charge is 0.191 e. The van der Waals surface area contributed by atoms with E-state index in [1.165, 1.54) is 24.3 Å². The van der Waals surface area contributed by atoms with Crippen molar-refractivity contribution in [2.75, 3.05) is 19.4 Å². The normalized spacial score (nSPS) is 13.1. The molecule has 0 radical (unpaired) electrons. The molecule has 0 aliphatic carbocycles. The van der Waals surface area contributed by atoms with Gasteiger partial charge in [0.1, 0.15) is 12.4 Å². The maximum Gasteiger partial charge on any atom is 0.191 e. The molecule has 0 unspecified atom stereocenters. The number of hydrogen-bond donors (Lipinski definition) is 1. The van der Waals surface area contributed by atoms with E-state index < -0.39 is 16.0 Å². The lowest BCUT2D eigenvalue weighted by Crippen LogP contribution is -2.66. The molecule has 0 spiro atoms. The van der Waals surface area contributed by atoms with Gasteiger partial charge in [-0.3, -0.25) is 0 Å². The standard InChI is InChI=1S/C10H13FN2O3S/c1-17(14,15)10-4-2-9(3-5-10)16-7-8(11)6-13-12/h2-5,8,13H,6-7H2,1H3/t8-/m1/s1. The summed E-state index contributed by atoms with van der Waals surface area (Å²) in [6.07, 6.45) is -0.234. The summed E-state index contributed by atoms with van der Waals surface area (Å²) < 4.78 is 40.3. The highest BCUT2D eigenvalue weighted by Gasteiger charge is 2.09. The van der Waals surface area contributed by atoms with Gasteiger partial charge in [-0.1, -0.05) is 0 Å². The van der Waals surface area contributed by atoms with E-state index in [0.29, 0.717) is 5.75 Å². The van der Waals surface area contributed by atoms with E-state index in [4.69, 9.17) is 10.3 Å². The average Bonchev–Trinajstić information content (AvgIpc) is 2.26. The molecule has 0 saturated carbocycles. The SMILES string of the molecule is CS(=O)(=O)c1ccc(OC[C@H](F)C[NH+]=[N-])cc1. The van der Waals surface area contributed by atoms with Crippen molar-refractivity contribution in [1.29, 1.82) is 0 Å². The Kier molecular flexibility index (Phi) is 4.56. The molecule has 1 N–H and O–H groups in total. The highest BCUT2D eigenvalue weighted by atomic mass is 32.2. The predicted octanol–water partition coefficient (Wildman–Crippen LogP) is -0.0908. The van der Waals surface area contributed by atoms with Crippen LogP contribution >= 0.6 is 0 Å². The molecule has 1 aromatic carbocycles. The summed E-state index contributed by atoms with van der Waals surface area (Å²) in [5.74, 6) is 0.373. The maximum atomic E-state index is 12.9. The van der Waals surface area contributed by atoms with Crippen LogP contribution in [0.3, 0.4) is 0 Å². The van der Waals surface area contributed by atoms with Gasteiger partial charge in [-0.2, -0.15) is 0 Å². The molecule has 1 rings (SSSR count). The third-order valence-electron chi connectivity index (χ3n) is 2.00. The Bertz CT molecular complexity index is 473. The summed E-state index contributed by atoms with van der Waals surface area (Å²) >= 11 is 0. The second kappa shape index (κ2) is 5.72. The molecule has 1 atom stereocenters. The molecule has 17 heavy (non-hydrogen) atoms. The lowest BCUT2D eigenvalue weighted by molar-refractivity contribution is -0.488. The van der Waals surface area contributed by atoms with Gasteiger partial charge in [0.05, 0.1) is 4.90 Å². The Balaban J connectivity index is 2.60. The van der Waals surface area contributed by atoms with Gasteiger partial charge >= 0.3 is 0 Å². The van der Waals surface area contributed by atoms with Gasteiger partial charge in [-0.25, -0.2) is 12.8 Å². The fourth-order valence-corrected chi connectivity index (χ4v) is 1.76. The van der Waals surface area contributed by atoms with Crippen molar-refractivity contribution in [1.82, 2.24) is 0 Å². The molecule has 5 nitrogen and oxygen atoms in total. The van der Waals surface area contributed by atoms with E-state index >= 15 is 0 Å². The zero-order valence-electron chi connectivity index (χ0n) is 9.26. The van der Waals surface area contributed by atoms with Crippen LogP contribution in [0.1, 0.15) is 0 Å². The monoisotopic (exact) mass is 260 g/mol. The molecule has 0 amide bonds. The zero-order valence-corrected chi connectivity index (χ0v) is 10.1. The van der Waals surface area contributed by atoms with E-state index in [2.05, 4.69) is 0 Å². The minimum absolute atomic E-state index is 0.179. The lowest BCUT2D eigenvalue weighted by atomic mass is 10.3. The number of hydrogen-bond acceptors (Lipinski definition) is 3. The first-order valence-corrected chi connectivity index (χ1v) is 6.76. The van der Waals surface area contributed by atoms with Crippen LogP contribution in [0.5, 0.6) is 5.75 Å². The first-order chi connectivity index (χ1) is 7.93. The van der Waals surface area contributed by atoms with E-state index in [1.807, 2.05) is 0 Å². The van der Waals surface area contributed by atoms with E-state index in [1.54, 1.807) is 5.11 Å². The van der Waals surface area contributed by atoms with Crippen molar-refractivity contribution in [2.24, 2.45) is 0 Å². The Morgan fingerprint density at radius 3 is 2.47 bits per heavy atom. The van der Waals surface area contributed by atoms with Crippen molar-refractivity contribution >= 4 is 9.84 Å². The molecule has 7 heteroatoms. The van der Waals surface area contributed by atoms with Gasteiger partial charge in [0, 0.05) is 6.26 Å². The molecule has 0 bridgehead atoms. The summed E-state index contributed by atoms with van der Waals surface area (Å²) in [5, 5.41) is 1.70. The van der Waals surface area contributed by atoms with Crippen LogP contribution in [-0.4, -0.2) is 34.0 Å². The van der Waals surface area contributed by atoms with Gasteiger partial charge in [-0.05, 0) is 24.3 Å². The number of ether oxygens (including phenoxy) is 1. The van der Waals surface area contributed by atoms with Gasteiger partial charge in [0.2, 0.25) is 0 Å². The average molecular weight is 260 g/mol. The third kappa shape index (κ3) is 4.48. The number of halogens is 1. The van der Waals surface area contributed by atoms with Crippen molar-refractivity contribution < 1.29 is 22.7 Å². The summed E-state index contributed by atoms with van der Waals surface area (Å²) in [5.41, 5.74) is 8.25. The van der Waals surface area contributed by atoms with Crippen molar-refractivity contribution in [2.45, 2.75) is 11.1 Å². The summed E-state index contributed by atoms with van der Waals surface area (Å²) in [6, 6.07) is 5.69. The molecule has 0 aromatic heterocycles. The second-order valence-electron chi connectivity index (χ2n) is 3.51. The van der Waals surface area contributed by atoms with Crippen LogP contribution in [0.15, 0.2) is 29.2 Å². The number of rotatable bonds is 6. The molecular formula is C10H13FN2O3S. The second-order valence-corrected chi connectivity index (χ2v) is 5.53. The topological polar surface area (TPSA) is 79.6 Å². The van der Waals surface area contributed by atoms with Gasteiger partial charge in [-0.15, -0.1) is 0 Å². The fraction of sp³-hybridized carbons (Fsp3) is 0.400. The predicted molar refractivity (Wildman–Crippen MR) is 59.1 cm³/mol. The third-order valence-corrected chi connectivity index (χ3v) is 3.12. The van der Waals surface area contributed by atoms with Crippen LogP contribution in [0.4, 0.5) is 4.39 Å². The lowest BCUT2D eigenvalue weighted by Gasteiger charge is -2.07. The number of nitrogens with zero attached hydrogens (tertiary/aromatic N) is 1. The first-order valence-electron chi connectivity index (χ1n) is 4.87. The molecule has 1 aromatic rings. The van der Waals surface area contributed by atoms with Gasteiger partial charge < -0.3 is 15.4 Å². The zero-order chi connectivity index (χ0) is 12.9. The Morgan fingerprint density at radius 1 is 1.41 bits per heavy atom. The highest BCUT2D eigenvalue weighted by molar-refractivity contribution is 7.90. The highest BCUT2D eigenvalue weighted by Crippen LogP contribution is 2.15. The number of alkyl halides is 1. The van der Waals surface area contributed by atoms with Crippen molar-refractivity contribution in [3.8, 4) is 5.75 Å². The number of benzene rings is 1.